The van der Waals surface area contributed by atoms with Crippen molar-refractivity contribution in [3.63, 3.8) is 0 Å². The van der Waals surface area contributed by atoms with Gasteiger partial charge in [0.1, 0.15) is 0 Å². The van der Waals surface area contributed by atoms with Crippen LogP contribution in [0.3, 0.4) is 0 Å². The number of carbonyl (C=O) groups excluding carboxylic acids is 6. The van der Waals surface area contributed by atoms with Gasteiger partial charge in [0.05, 0.1) is 50.6 Å². The number of rotatable bonds is 6. The van der Waals surface area contributed by atoms with Gasteiger partial charge < -0.3 is 20.9 Å². The van der Waals surface area contributed by atoms with Gasteiger partial charge in [0, 0.05) is 13.8 Å². The summed E-state index contributed by atoms with van der Waals surface area (Å²) in [5.74, 6) is -4.42. The van der Waals surface area contributed by atoms with E-state index in [2.05, 4.69) is 10.2 Å². The lowest BCUT2D eigenvalue weighted by Gasteiger charge is -2.15. The van der Waals surface area contributed by atoms with Crippen LogP contribution in [0.2, 0.25) is 0 Å². The molecule has 0 bridgehead atoms. The molecule has 0 fully saturated rings. The Bertz CT molecular complexity index is 2040. The minimum absolute atomic E-state index is 0.0467. The first-order valence-electron chi connectivity index (χ1n) is 14.3. The third-order valence-electron chi connectivity index (χ3n) is 7.07. The minimum atomic E-state index is -0.945. The Balaban J connectivity index is 1.37. The molecule has 0 atom stereocenters. The fraction of sp³-hybridized carbons (Fsp3) is 0.0625. The Hall–Kier alpha value is -5.30. The van der Waals surface area contributed by atoms with Crippen molar-refractivity contribution in [1.29, 1.82) is 0 Å². The monoisotopic (exact) mass is 744 g/mol. The third-order valence-corrected chi connectivity index (χ3v) is 12.3. The number of nitrogens with zero attached hydrogens (tertiary/aromatic N) is 4. The first kappa shape index (κ1) is 33.2. The molecule has 0 spiro atoms. The maximum atomic E-state index is 13.8. The van der Waals surface area contributed by atoms with Crippen molar-refractivity contribution in [3.8, 4) is 11.5 Å². The van der Waals surface area contributed by atoms with E-state index in [1.807, 2.05) is 0 Å². The van der Waals surface area contributed by atoms with Gasteiger partial charge in [-0.1, -0.05) is 83.4 Å². The number of para-hydroxylation sites is 2. The highest BCUT2D eigenvalue weighted by Crippen LogP contribution is 2.69. The summed E-state index contributed by atoms with van der Waals surface area (Å²) in [5, 5.41) is 10.5. The molecule has 3 aromatic rings. The zero-order valence-electron chi connectivity index (χ0n) is 25.6. The molecule has 0 radical (unpaired) electrons. The van der Waals surface area contributed by atoms with Crippen molar-refractivity contribution >= 4 is 105 Å². The summed E-state index contributed by atoms with van der Waals surface area (Å²) in [4.78, 5) is 78.8. The van der Waals surface area contributed by atoms with Gasteiger partial charge in [0.25, 0.3) is 23.6 Å². The summed E-state index contributed by atoms with van der Waals surface area (Å²) >= 11 is 3.98. The smallest absolute Gasteiger partial charge is 0.308 e. The topological polar surface area (TPSA) is 204 Å². The van der Waals surface area contributed by atoms with Crippen molar-refractivity contribution in [3.05, 3.63) is 80.3 Å². The number of hydrogen-bond donors (Lipinski definition) is 2. The number of amides is 4. The van der Waals surface area contributed by atoms with Crippen molar-refractivity contribution in [2.45, 2.75) is 33.4 Å². The number of hydrogen-bond acceptors (Lipinski definition) is 14. The third kappa shape index (κ3) is 5.64. The van der Waals surface area contributed by atoms with Crippen LogP contribution < -0.4 is 31.0 Å². The molecular formula is C32H20N6O8S4. The Kier molecular flexibility index (Phi) is 8.54. The van der Waals surface area contributed by atoms with E-state index in [0.717, 1.165) is 57.1 Å². The first-order valence-corrected chi connectivity index (χ1v) is 17.6. The van der Waals surface area contributed by atoms with Gasteiger partial charge in [-0.05, 0) is 24.3 Å². The number of primary amides is 2. The molecular weight excluding hydrogens is 725 g/mol. The number of thioether (sulfide) groups is 4. The summed E-state index contributed by atoms with van der Waals surface area (Å²) in [6, 6.07) is 16.9. The van der Waals surface area contributed by atoms with E-state index >= 15 is 0 Å². The van der Waals surface area contributed by atoms with Gasteiger partial charge >= 0.3 is 11.9 Å². The molecule has 50 heavy (non-hydrogen) atoms. The van der Waals surface area contributed by atoms with Crippen LogP contribution in [0.1, 0.15) is 13.8 Å². The maximum absolute atomic E-state index is 13.8. The highest BCUT2D eigenvalue weighted by molar-refractivity contribution is 8.26. The van der Waals surface area contributed by atoms with Gasteiger partial charge in [-0.2, -0.15) is 20.2 Å². The zero-order chi connectivity index (χ0) is 35.4. The van der Waals surface area contributed by atoms with Crippen LogP contribution in [0.25, 0.3) is 0 Å². The molecule has 7 rings (SSSR count). The van der Waals surface area contributed by atoms with Crippen LogP contribution in [0.4, 0.5) is 11.4 Å². The second kappa shape index (κ2) is 12.9. The fourth-order valence-corrected chi connectivity index (χ4v) is 10.6. The average Bonchev–Trinajstić information content (AvgIpc) is 3.86. The normalized spacial score (nSPS) is 16.4. The van der Waals surface area contributed by atoms with Crippen molar-refractivity contribution in [2.24, 2.45) is 21.7 Å². The second-order valence-corrected chi connectivity index (χ2v) is 15.0. The van der Waals surface area contributed by atoms with E-state index in [-0.39, 0.29) is 42.5 Å². The molecule has 4 aliphatic heterocycles. The number of fused-ring (bicyclic) bond motifs is 2. The molecule has 0 saturated heterocycles. The SMILES string of the molecule is CC(=O)Oc1c2c(c(OC(C)=O)c3c1SC(=C1C(=O)N(c4ccccc4)N=C1C(N)=O)S3)SC(=C1C(=O)N(c3ccccc3)N=C1C(N)=O)S2. The van der Waals surface area contributed by atoms with Gasteiger partial charge in [-0.3, -0.25) is 28.8 Å². The number of hydrazone groups is 2. The number of esters is 2. The highest BCUT2D eigenvalue weighted by Gasteiger charge is 2.45. The quantitative estimate of drug-likeness (QED) is 0.208. The first-order chi connectivity index (χ1) is 23.9. The van der Waals surface area contributed by atoms with Crippen LogP contribution in [0.5, 0.6) is 11.5 Å². The molecule has 3 aromatic carbocycles. The maximum Gasteiger partial charge on any atom is 0.308 e. The average molecular weight is 745 g/mol. The van der Waals surface area contributed by atoms with Crippen LogP contribution in [-0.4, -0.2) is 47.0 Å². The highest BCUT2D eigenvalue weighted by atomic mass is 32.2. The Morgan fingerprint density at radius 3 is 1.18 bits per heavy atom. The second-order valence-electron chi connectivity index (χ2n) is 10.4. The van der Waals surface area contributed by atoms with Crippen LogP contribution in [0.15, 0.2) is 110 Å². The molecule has 250 valence electrons. The Labute approximate surface area is 299 Å². The molecule has 4 aliphatic rings. The van der Waals surface area contributed by atoms with Gasteiger partial charge in [0.2, 0.25) is 0 Å². The Morgan fingerprint density at radius 2 is 0.900 bits per heavy atom. The lowest BCUT2D eigenvalue weighted by atomic mass is 10.1. The number of nitrogens with two attached hydrogens (primary N) is 2. The van der Waals surface area contributed by atoms with E-state index in [0.29, 0.717) is 31.0 Å². The van der Waals surface area contributed by atoms with E-state index in [1.54, 1.807) is 60.7 Å². The van der Waals surface area contributed by atoms with Crippen molar-refractivity contribution < 1.29 is 38.2 Å². The fourth-order valence-electron chi connectivity index (χ4n) is 5.09. The molecule has 4 N–H and O–H groups in total. The summed E-state index contributed by atoms with van der Waals surface area (Å²) in [7, 11) is 0. The summed E-state index contributed by atoms with van der Waals surface area (Å²) in [6.07, 6.45) is 0. The standard InChI is InChI=1S/C32H20N6O8S4/c1-13(39)45-21-23-25(49-31(47-23)17-19(27(33)41)35-37(29(17)43)15-9-5-3-6-10-15)22(46-14(2)40)26-24(21)48-32(50-26)18-20(28(34)42)36-38(30(18)44)16-11-7-4-8-12-16/h3-12H,1-2H3,(H2,33,41)(H2,34,42). The van der Waals surface area contributed by atoms with E-state index in [9.17, 15) is 28.8 Å². The van der Waals surface area contributed by atoms with Crippen molar-refractivity contribution in [2.75, 3.05) is 10.0 Å². The molecule has 4 amide bonds. The molecule has 0 unspecified atom stereocenters. The minimum Gasteiger partial charge on any atom is -0.424 e. The molecule has 0 saturated carbocycles. The van der Waals surface area contributed by atoms with Gasteiger partial charge in [-0.25, -0.2) is 0 Å². The number of benzene rings is 3. The number of anilines is 2. The Morgan fingerprint density at radius 1 is 0.580 bits per heavy atom. The lowest BCUT2D eigenvalue weighted by molar-refractivity contribution is -0.133. The van der Waals surface area contributed by atoms with Gasteiger partial charge in [-0.15, -0.1) is 0 Å². The number of carbonyl (C=O) groups is 6. The number of ether oxygens (including phenoxy) is 2. The molecule has 0 aromatic heterocycles. The summed E-state index contributed by atoms with van der Waals surface area (Å²) in [6.45, 7) is 2.40. The van der Waals surface area contributed by atoms with Crippen LogP contribution in [-0.2, 0) is 28.8 Å². The molecule has 4 heterocycles. The van der Waals surface area contributed by atoms with E-state index < -0.39 is 35.6 Å². The van der Waals surface area contributed by atoms with Crippen molar-refractivity contribution in [1.82, 2.24) is 0 Å². The largest absolute Gasteiger partial charge is 0.424 e. The predicted molar refractivity (Wildman–Crippen MR) is 188 cm³/mol. The van der Waals surface area contributed by atoms with Crippen LogP contribution in [0, 0.1) is 0 Å². The van der Waals surface area contributed by atoms with Crippen LogP contribution >= 0.6 is 47.0 Å². The van der Waals surface area contributed by atoms with Gasteiger partial charge in [0.15, 0.2) is 22.9 Å². The lowest BCUT2D eigenvalue weighted by Crippen LogP contribution is -2.26. The molecule has 0 aliphatic carbocycles. The molecule has 18 heteroatoms. The van der Waals surface area contributed by atoms with E-state index in [4.69, 9.17) is 20.9 Å². The zero-order valence-corrected chi connectivity index (χ0v) is 28.9. The van der Waals surface area contributed by atoms with E-state index in [1.165, 1.54) is 13.8 Å². The predicted octanol–water partition coefficient (Wildman–Crippen LogP) is 4.13. The molecule has 14 nitrogen and oxygen atoms in total. The summed E-state index contributed by atoms with van der Waals surface area (Å²) in [5.41, 5.74) is 11.4. The summed E-state index contributed by atoms with van der Waals surface area (Å²) < 4.78 is 12.0.